The van der Waals surface area contributed by atoms with Crippen molar-refractivity contribution in [3.63, 3.8) is 0 Å². The maximum Gasteiger partial charge on any atom is 0.0609 e. The first-order valence-electron chi connectivity index (χ1n) is 18.6. The van der Waals surface area contributed by atoms with Gasteiger partial charge in [-0.3, -0.25) is 4.90 Å². The standard InChI is InChI=1S/C35H65NO3.C3H8.CH4/c1-5-6-13-25-37-28-30(2)29-38-26-14-9-7-8-10-15-27-39-32-17-11-12-24-36-33(31(3)19-20-32)21-23-35(4)22-16-18-34(35)36;1-3-2;/h11-12,30-34H,5-10,13-29H2,1-4H3;3H2,1-2H3;1H4/b12-11+;;. The second kappa shape index (κ2) is 24.8. The summed E-state index contributed by atoms with van der Waals surface area (Å²) in [7, 11) is 0. The van der Waals surface area contributed by atoms with E-state index in [1.165, 1.54) is 109 Å². The van der Waals surface area contributed by atoms with Crippen LogP contribution in [-0.4, -0.2) is 62.7 Å². The lowest BCUT2D eigenvalue weighted by Gasteiger charge is -2.51. The van der Waals surface area contributed by atoms with Crippen molar-refractivity contribution in [1.82, 2.24) is 4.90 Å². The van der Waals surface area contributed by atoms with Crippen LogP contribution in [0.15, 0.2) is 12.2 Å². The Kier molecular flexibility index (Phi) is 23.4. The molecule has 0 aromatic heterocycles. The zero-order chi connectivity index (χ0) is 30.5. The number of piperidine rings is 1. The van der Waals surface area contributed by atoms with E-state index in [9.17, 15) is 0 Å². The van der Waals surface area contributed by atoms with Crippen LogP contribution in [0.1, 0.15) is 165 Å². The Balaban J connectivity index is 0.00000221. The molecule has 0 amide bonds. The van der Waals surface area contributed by atoms with E-state index < -0.39 is 0 Å². The van der Waals surface area contributed by atoms with Crippen LogP contribution in [0.3, 0.4) is 0 Å². The lowest BCUT2D eigenvalue weighted by Crippen LogP contribution is -2.55. The van der Waals surface area contributed by atoms with Gasteiger partial charge in [-0.2, -0.15) is 0 Å². The zero-order valence-electron chi connectivity index (χ0n) is 29.2. The second-order valence-corrected chi connectivity index (χ2v) is 14.4. The summed E-state index contributed by atoms with van der Waals surface area (Å²) in [6.45, 7) is 19.4. The highest BCUT2D eigenvalue weighted by Crippen LogP contribution is 2.50. The predicted octanol–water partition coefficient (Wildman–Crippen LogP) is 11.0. The Morgan fingerprint density at radius 2 is 1.42 bits per heavy atom. The van der Waals surface area contributed by atoms with Gasteiger partial charge in [-0.15, -0.1) is 0 Å². The molecule has 6 atom stereocenters. The predicted molar refractivity (Wildman–Crippen MR) is 188 cm³/mol. The molecule has 43 heavy (non-hydrogen) atoms. The van der Waals surface area contributed by atoms with Gasteiger partial charge in [-0.1, -0.05) is 112 Å². The quantitative estimate of drug-likeness (QED) is 0.115. The summed E-state index contributed by atoms with van der Waals surface area (Å²) >= 11 is 0. The van der Waals surface area contributed by atoms with Gasteiger partial charge in [0.25, 0.3) is 0 Å². The highest BCUT2D eigenvalue weighted by Gasteiger charge is 2.48. The van der Waals surface area contributed by atoms with Gasteiger partial charge in [0.15, 0.2) is 0 Å². The molecule has 4 heteroatoms. The molecule has 3 rings (SSSR count). The molecule has 0 aromatic carbocycles. The molecule has 1 aliphatic carbocycles. The van der Waals surface area contributed by atoms with Gasteiger partial charge in [0, 0.05) is 44.4 Å². The average molecular weight is 608 g/mol. The molecule has 0 aromatic rings. The topological polar surface area (TPSA) is 30.9 Å². The van der Waals surface area contributed by atoms with E-state index in [4.69, 9.17) is 14.2 Å². The van der Waals surface area contributed by atoms with Crippen molar-refractivity contribution in [2.45, 2.75) is 183 Å². The molecule has 0 N–H and O–H groups in total. The van der Waals surface area contributed by atoms with Crippen molar-refractivity contribution in [3.8, 4) is 0 Å². The van der Waals surface area contributed by atoms with Crippen LogP contribution in [0, 0.1) is 17.3 Å². The molecule has 6 unspecified atom stereocenters. The van der Waals surface area contributed by atoms with E-state index >= 15 is 0 Å². The van der Waals surface area contributed by atoms with Gasteiger partial charge in [-0.25, -0.2) is 0 Å². The third-order valence-electron chi connectivity index (χ3n) is 10.1. The maximum atomic E-state index is 6.42. The van der Waals surface area contributed by atoms with Gasteiger partial charge in [0.05, 0.1) is 19.3 Å². The van der Waals surface area contributed by atoms with Gasteiger partial charge in [-0.05, 0) is 75.5 Å². The van der Waals surface area contributed by atoms with Crippen LogP contribution in [0.25, 0.3) is 0 Å². The fourth-order valence-electron chi connectivity index (χ4n) is 7.51. The molecule has 0 radical (unpaired) electrons. The lowest BCUT2D eigenvalue weighted by atomic mass is 9.72. The van der Waals surface area contributed by atoms with E-state index in [-0.39, 0.29) is 7.43 Å². The normalized spacial score (nSPS) is 29.0. The molecular weight excluding hydrogens is 530 g/mol. The van der Waals surface area contributed by atoms with E-state index in [0.717, 1.165) is 64.0 Å². The third kappa shape index (κ3) is 16.1. The number of hydrogen-bond donors (Lipinski definition) is 0. The summed E-state index contributed by atoms with van der Waals surface area (Å²) in [5.74, 6) is 1.28. The number of unbranched alkanes of at least 4 members (excludes halogenated alkanes) is 7. The van der Waals surface area contributed by atoms with E-state index in [1.807, 2.05) is 0 Å². The highest BCUT2D eigenvalue weighted by molar-refractivity contribution is 5.04. The van der Waals surface area contributed by atoms with Crippen molar-refractivity contribution in [3.05, 3.63) is 12.2 Å². The number of fused-ring (bicyclic) bond motifs is 3. The van der Waals surface area contributed by atoms with E-state index in [1.54, 1.807) is 0 Å². The Bertz CT molecular complexity index is 669. The fraction of sp³-hybridized carbons (Fsp3) is 0.949. The number of nitrogens with zero attached hydrogens (tertiary/aromatic N) is 1. The highest BCUT2D eigenvalue weighted by atomic mass is 16.5. The fourth-order valence-corrected chi connectivity index (χ4v) is 7.51. The largest absolute Gasteiger partial charge is 0.381 e. The van der Waals surface area contributed by atoms with Gasteiger partial charge in [0.2, 0.25) is 0 Å². The summed E-state index contributed by atoms with van der Waals surface area (Å²) in [6, 6.07) is 1.59. The Hall–Kier alpha value is -0.420. The monoisotopic (exact) mass is 608 g/mol. The molecule has 1 saturated carbocycles. The molecule has 1 saturated heterocycles. The minimum atomic E-state index is 0. The molecule has 2 heterocycles. The average Bonchev–Trinajstić information content (AvgIpc) is 3.38. The van der Waals surface area contributed by atoms with Crippen LogP contribution in [0.4, 0.5) is 0 Å². The Morgan fingerprint density at radius 3 is 2.09 bits per heavy atom. The second-order valence-electron chi connectivity index (χ2n) is 14.4. The summed E-state index contributed by atoms with van der Waals surface area (Å²) in [5.41, 5.74) is 0.578. The number of rotatable bonds is 18. The van der Waals surface area contributed by atoms with Crippen LogP contribution >= 0.6 is 0 Å². The van der Waals surface area contributed by atoms with Crippen molar-refractivity contribution >= 4 is 0 Å². The summed E-state index contributed by atoms with van der Waals surface area (Å²) in [6.07, 6.45) is 28.7. The van der Waals surface area contributed by atoms with Crippen molar-refractivity contribution < 1.29 is 14.2 Å². The molecular formula is C39H77NO3. The molecule has 3 aliphatic rings. The summed E-state index contributed by atoms with van der Waals surface area (Å²) in [4.78, 5) is 2.91. The van der Waals surface area contributed by atoms with Crippen molar-refractivity contribution in [2.75, 3.05) is 39.6 Å². The first-order valence-corrected chi connectivity index (χ1v) is 18.6. The minimum Gasteiger partial charge on any atom is -0.381 e. The summed E-state index contributed by atoms with van der Waals surface area (Å²) in [5, 5.41) is 0. The van der Waals surface area contributed by atoms with Crippen LogP contribution < -0.4 is 0 Å². The third-order valence-corrected chi connectivity index (χ3v) is 10.1. The molecule has 0 spiro atoms. The number of ether oxygens (including phenoxy) is 3. The first kappa shape index (κ1) is 40.6. The van der Waals surface area contributed by atoms with Crippen LogP contribution in [0.2, 0.25) is 0 Å². The molecule has 4 nitrogen and oxygen atoms in total. The van der Waals surface area contributed by atoms with Gasteiger partial charge in [0.1, 0.15) is 0 Å². The van der Waals surface area contributed by atoms with Gasteiger partial charge < -0.3 is 14.2 Å². The summed E-state index contributed by atoms with van der Waals surface area (Å²) < 4.78 is 18.0. The van der Waals surface area contributed by atoms with E-state index in [0.29, 0.717) is 17.4 Å². The SMILES string of the molecule is C.CCC.CCCCCOCC(C)COCCCCCCCCOC1C/C=C/CN2C(CCC3(C)CCCC23)C(C)CC1. The Labute approximate surface area is 270 Å². The van der Waals surface area contributed by atoms with E-state index in [2.05, 4.69) is 58.6 Å². The zero-order valence-corrected chi connectivity index (χ0v) is 29.2. The molecule has 0 bridgehead atoms. The Morgan fingerprint density at radius 1 is 0.791 bits per heavy atom. The first-order chi connectivity index (χ1) is 20.4. The maximum absolute atomic E-state index is 6.42. The molecule has 2 aliphatic heterocycles. The van der Waals surface area contributed by atoms with Crippen LogP contribution in [-0.2, 0) is 14.2 Å². The van der Waals surface area contributed by atoms with Crippen molar-refractivity contribution in [1.29, 1.82) is 0 Å². The molecule has 2 fully saturated rings. The number of hydrogen-bond acceptors (Lipinski definition) is 4. The lowest BCUT2D eigenvalue weighted by molar-refractivity contribution is -0.0166. The minimum absolute atomic E-state index is 0. The van der Waals surface area contributed by atoms with Crippen LogP contribution in [0.5, 0.6) is 0 Å². The van der Waals surface area contributed by atoms with Crippen molar-refractivity contribution in [2.24, 2.45) is 17.3 Å². The smallest absolute Gasteiger partial charge is 0.0609 e. The van der Waals surface area contributed by atoms with Gasteiger partial charge >= 0.3 is 0 Å². The molecule has 256 valence electrons.